The molecule has 2 aromatic rings. The molecule has 0 spiro atoms. The Morgan fingerprint density at radius 3 is 2.27 bits per heavy atom. The molecule has 0 radical (unpaired) electrons. The zero-order valence-electron chi connectivity index (χ0n) is 11.8. The maximum Gasteiger partial charge on any atom is 0.243 e. The number of rotatable bonds is 3. The number of nitrogens with zero attached hydrogens (tertiary/aromatic N) is 4. The molecule has 6 nitrogen and oxygen atoms in total. The van der Waals surface area contributed by atoms with Crippen LogP contribution in [0.15, 0.2) is 52.2 Å². The van der Waals surface area contributed by atoms with E-state index in [0.29, 0.717) is 31.1 Å². The number of piperazine rings is 1. The normalized spacial score (nSPS) is 16.7. The summed E-state index contributed by atoms with van der Waals surface area (Å²) in [5, 5.41) is 0. The Morgan fingerprint density at radius 2 is 1.68 bits per heavy atom. The first-order chi connectivity index (χ1) is 10.6. The minimum absolute atomic E-state index is 0.325. The third-order valence-corrected chi connectivity index (χ3v) is 6.02. The van der Waals surface area contributed by atoms with E-state index in [2.05, 4.69) is 30.8 Å². The van der Waals surface area contributed by atoms with Gasteiger partial charge < -0.3 is 4.90 Å². The second-order valence-corrected chi connectivity index (χ2v) is 7.77. The lowest BCUT2D eigenvalue weighted by molar-refractivity contribution is 0.384. The van der Waals surface area contributed by atoms with Crippen LogP contribution in [0.2, 0.25) is 0 Å². The molecule has 116 valence electrons. The average molecular weight is 383 g/mol. The van der Waals surface area contributed by atoms with Crippen molar-refractivity contribution < 1.29 is 8.42 Å². The van der Waals surface area contributed by atoms with Gasteiger partial charge in [0.1, 0.15) is 12.1 Å². The smallest absolute Gasteiger partial charge is 0.243 e. The Hall–Kier alpha value is -1.51. The molecule has 3 rings (SSSR count). The van der Waals surface area contributed by atoms with Crippen LogP contribution in [-0.2, 0) is 10.0 Å². The molecule has 0 saturated carbocycles. The summed E-state index contributed by atoms with van der Waals surface area (Å²) in [4.78, 5) is 10.5. The number of sulfonamides is 1. The van der Waals surface area contributed by atoms with Crippen LogP contribution in [0.4, 0.5) is 5.82 Å². The molecule has 0 N–H and O–H groups in total. The second-order valence-electron chi connectivity index (χ2n) is 4.91. The highest BCUT2D eigenvalue weighted by molar-refractivity contribution is 9.10. The first-order valence-corrected chi connectivity index (χ1v) is 9.07. The predicted octanol–water partition coefficient (Wildman–Crippen LogP) is 1.75. The summed E-state index contributed by atoms with van der Waals surface area (Å²) in [5.74, 6) is 0.829. The summed E-state index contributed by atoms with van der Waals surface area (Å²) in [5.41, 5.74) is 0. The highest BCUT2D eigenvalue weighted by Crippen LogP contribution is 2.21. The van der Waals surface area contributed by atoms with E-state index in [0.717, 1.165) is 10.3 Å². The van der Waals surface area contributed by atoms with E-state index in [1.165, 1.54) is 10.6 Å². The van der Waals surface area contributed by atoms with Gasteiger partial charge in [0, 0.05) is 36.8 Å². The zero-order chi connectivity index (χ0) is 15.6. The van der Waals surface area contributed by atoms with Crippen LogP contribution in [0.3, 0.4) is 0 Å². The maximum atomic E-state index is 12.6. The van der Waals surface area contributed by atoms with Gasteiger partial charge in [0.15, 0.2) is 0 Å². The average Bonchev–Trinajstić information content (AvgIpc) is 2.56. The lowest BCUT2D eigenvalue weighted by atomic mass is 10.3. The molecule has 2 heterocycles. The minimum Gasteiger partial charge on any atom is -0.354 e. The van der Waals surface area contributed by atoms with Crippen LogP contribution < -0.4 is 4.90 Å². The molecule has 1 aromatic heterocycles. The molecule has 1 aliphatic rings. The Morgan fingerprint density at radius 1 is 1.00 bits per heavy atom. The summed E-state index contributed by atoms with van der Waals surface area (Å²) >= 11 is 3.31. The minimum atomic E-state index is -3.43. The lowest BCUT2D eigenvalue weighted by Crippen LogP contribution is -2.48. The quantitative estimate of drug-likeness (QED) is 0.808. The monoisotopic (exact) mass is 382 g/mol. The van der Waals surface area contributed by atoms with Crippen LogP contribution in [-0.4, -0.2) is 48.9 Å². The number of hydrogen-bond donors (Lipinski definition) is 0. The Labute approximate surface area is 138 Å². The zero-order valence-corrected chi connectivity index (χ0v) is 14.2. The van der Waals surface area contributed by atoms with Crippen molar-refractivity contribution in [1.29, 1.82) is 0 Å². The highest BCUT2D eigenvalue weighted by Gasteiger charge is 2.28. The SMILES string of the molecule is O=S(=O)(c1ccc(Br)cc1)N1CCN(c2ccncn2)CC1. The second kappa shape index (κ2) is 6.31. The lowest BCUT2D eigenvalue weighted by Gasteiger charge is -2.34. The van der Waals surface area contributed by atoms with Gasteiger partial charge in [0.2, 0.25) is 10.0 Å². The predicted molar refractivity (Wildman–Crippen MR) is 87.1 cm³/mol. The summed E-state index contributed by atoms with van der Waals surface area (Å²) < 4.78 is 27.6. The van der Waals surface area contributed by atoms with Gasteiger partial charge in [0.05, 0.1) is 4.90 Å². The van der Waals surface area contributed by atoms with Crippen molar-refractivity contribution in [2.75, 3.05) is 31.1 Å². The largest absolute Gasteiger partial charge is 0.354 e. The third-order valence-electron chi connectivity index (χ3n) is 3.58. The summed E-state index contributed by atoms with van der Waals surface area (Å²) in [6, 6.07) is 8.55. The maximum absolute atomic E-state index is 12.6. The molecule has 1 aliphatic heterocycles. The van der Waals surface area contributed by atoms with Crippen molar-refractivity contribution in [2.24, 2.45) is 0 Å². The number of anilines is 1. The third kappa shape index (κ3) is 3.13. The molecule has 1 aromatic carbocycles. The van der Waals surface area contributed by atoms with Gasteiger partial charge in [-0.15, -0.1) is 0 Å². The van der Waals surface area contributed by atoms with Crippen LogP contribution in [0.1, 0.15) is 0 Å². The first-order valence-electron chi connectivity index (χ1n) is 6.84. The molecular weight excluding hydrogens is 368 g/mol. The fraction of sp³-hybridized carbons (Fsp3) is 0.286. The molecule has 0 unspecified atom stereocenters. The number of hydrogen-bond acceptors (Lipinski definition) is 5. The van der Waals surface area contributed by atoms with Gasteiger partial charge in [0.25, 0.3) is 0 Å². The first kappa shape index (κ1) is 15.4. The molecule has 0 aliphatic carbocycles. The van der Waals surface area contributed by atoms with E-state index in [1.807, 2.05) is 6.07 Å². The molecule has 1 saturated heterocycles. The molecule has 0 atom stereocenters. The number of benzene rings is 1. The molecule has 22 heavy (non-hydrogen) atoms. The van der Waals surface area contributed by atoms with Crippen molar-refractivity contribution in [3.63, 3.8) is 0 Å². The van der Waals surface area contributed by atoms with Gasteiger partial charge in [-0.25, -0.2) is 18.4 Å². The van der Waals surface area contributed by atoms with Crippen molar-refractivity contribution in [1.82, 2.24) is 14.3 Å². The Balaban J connectivity index is 1.72. The summed E-state index contributed by atoms with van der Waals surface area (Å²) in [7, 11) is -3.43. The fourth-order valence-electron chi connectivity index (χ4n) is 2.38. The molecule has 1 fully saturated rings. The van der Waals surface area contributed by atoms with E-state index in [1.54, 1.807) is 30.5 Å². The van der Waals surface area contributed by atoms with Crippen LogP contribution >= 0.6 is 15.9 Å². The topological polar surface area (TPSA) is 66.4 Å². The molecule has 0 bridgehead atoms. The van der Waals surface area contributed by atoms with Crippen molar-refractivity contribution in [2.45, 2.75) is 4.90 Å². The van der Waals surface area contributed by atoms with Crippen LogP contribution in [0, 0.1) is 0 Å². The van der Waals surface area contributed by atoms with Gasteiger partial charge in [-0.1, -0.05) is 15.9 Å². The van der Waals surface area contributed by atoms with Crippen LogP contribution in [0.25, 0.3) is 0 Å². The van der Waals surface area contributed by atoms with E-state index >= 15 is 0 Å². The van der Waals surface area contributed by atoms with Gasteiger partial charge >= 0.3 is 0 Å². The fourth-order valence-corrected chi connectivity index (χ4v) is 4.07. The van der Waals surface area contributed by atoms with Crippen LogP contribution in [0.5, 0.6) is 0 Å². The molecule has 0 amide bonds. The Bertz CT molecular complexity index is 729. The van der Waals surface area contributed by atoms with E-state index < -0.39 is 10.0 Å². The molecule has 8 heteroatoms. The van der Waals surface area contributed by atoms with Gasteiger partial charge in [-0.2, -0.15) is 4.31 Å². The molecular formula is C14H15BrN4O2S. The number of aromatic nitrogens is 2. The summed E-state index contributed by atoms with van der Waals surface area (Å²) in [6.45, 7) is 2.13. The van der Waals surface area contributed by atoms with E-state index in [-0.39, 0.29) is 0 Å². The van der Waals surface area contributed by atoms with Gasteiger partial charge in [-0.3, -0.25) is 0 Å². The van der Waals surface area contributed by atoms with E-state index in [9.17, 15) is 8.42 Å². The van der Waals surface area contributed by atoms with Crippen molar-refractivity contribution in [3.8, 4) is 0 Å². The van der Waals surface area contributed by atoms with E-state index in [4.69, 9.17) is 0 Å². The number of halogens is 1. The highest BCUT2D eigenvalue weighted by atomic mass is 79.9. The summed E-state index contributed by atoms with van der Waals surface area (Å²) in [6.07, 6.45) is 3.19. The van der Waals surface area contributed by atoms with Crippen molar-refractivity contribution >= 4 is 31.8 Å². The standard InChI is InChI=1S/C14H15BrN4O2S/c15-12-1-3-13(4-2-12)22(20,21)19-9-7-18(8-10-19)14-5-6-16-11-17-14/h1-6,11H,7-10H2. The van der Waals surface area contributed by atoms with Crippen molar-refractivity contribution in [3.05, 3.63) is 47.3 Å². The Kier molecular flexibility index (Phi) is 4.42. The van der Waals surface area contributed by atoms with Gasteiger partial charge in [-0.05, 0) is 30.3 Å².